The summed E-state index contributed by atoms with van der Waals surface area (Å²) in [5.41, 5.74) is 3.75. The highest BCUT2D eigenvalue weighted by Crippen LogP contribution is 2.26. The molecule has 0 heterocycles. The van der Waals surface area contributed by atoms with Crippen molar-refractivity contribution in [2.45, 2.75) is 40.2 Å². The molecule has 4 heteroatoms. The van der Waals surface area contributed by atoms with E-state index in [1.807, 2.05) is 39.8 Å². The third kappa shape index (κ3) is 3.34. The molecule has 0 aliphatic carbocycles. The van der Waals surface area contributed by atoms with Crippen LogP contribution in [-0.4, -0.2) is 28.9 Å². The number of hydrogen-bond donors (Lipinski definition) is 1. The molecule has 1 N–H and O–H groups in total. The van der Waals surface area contributed by atoms with Gasteiger partial charge in [0.1, 0.15) is 0 Å². The van der Waals surface area contributed by atoms with Crippen LogP contribution >= 0.6 is 0 Å². The molecule has 0 aromatic heterocycles. The van der Waals surface area contributed by atoms with Gasteiger partial charge in [0.2, 0.25) is 6.41 Å². The highest BCUT2D eigenvalue weighted by Gasteiger charge is 2.27. The second-order valence-electron chi connectivity index (χ2n) is 4.88. The Labute approximate surface area is 114 Å². The van der Waals surface area contributed by atoms with Gasteiger partial charge in [-0.15, -0.1) is 0 Å². The first-order chi connectivity index (χ1) is 8.92. The maximum atomic E-state index is 11.5. The first-order valence-corrected chi connectivity index (χ1v) is 6.44. The van der Waals surface area contributed by atoms with Gasteiger partial charge in [-0.05, 0) is 49.4 Å². The summed E-state index contributed by atoms with van der Waals surface area (Å²) in [6, 6.07) is 2.93. The molecule has 1 atom stereocenters. The molecule has 0 radical (unpaired) electrons. The van der Waals surface area contributed by atoms with Crippen LogP contribution in [0.15, 0.2) is 12.1 Å². The second-order valence-corrected chi connectivity index (χ2v) is 4.88. The topological polar surface area (TPSA) is 57.6 Å². The van der Waals surface area contributed by atoms with Crippen LogP contribution in [0.4, 0.5) is 0 Å². The number of aryl methyl sites for hydroxylation is 3. The summed E-state index contributed by atoms with van der Waals surface area (Å²) in [4.78, 5) is 24.0. The van der Waals surface area contributed by atoms with Crippen molar-refractivity contribution in [1.82, 2.24) is 4.90 Å². The van der Waals surface area contributed by atoms with E-state index in [9.17, 15) is 14.7 Å². The number of amides is 1. The van der Waals surface area contributed by atoms with Gasteiger partial charge < -0.3 is 10.0 Å². The Morgan fingerprint density at radius 3 is 2.32 bits per heavy atom. The summed E-state index contributed by atoms with van der Waals surface area (Å²) in [5.74, 6) is -0.994. The number of carbonyl (C=O) groups is 2. The molecule has 0 saturated carbocycles. The fourth-order valence-corrected chi connectivity index (χ4v) is 2.23. The molecule has 4 nitrogen and oxygen atoms in total. The van der Waals surface area contributed by atoms with E-state index >= 15 is 0 Å². The monoisotopic (exact) mass is 263 g/mol. The molecule has 0 fully saturated rings. The fraction of sp³-hybridized carbons (Fsp3) is 0.467. The Hall–Kier alpha value is -1.84. The van der Waals surface area contributed by atoms with Crippen molar-refractivity contribution in [1.29, 1.82) is 0 Å². The van der Waals surface area contributed by atoms with Gasteiger partial charge in [0.15, 0.2) is 6.04 Å². The van der Waals surface area contributed by atoms with Gasteiger partial charge in [-0.2, -0.15) is 0 Å². The Kier molecular flexibility index (Phi) is 5.10. The first kappa shape index (κ1) is 15.2. The minimum Gasteiger partial charge on any atom is -0.479 e. The lowest BCUT2D eigenvalue weighted by molar-refractivity contribution is -0.146. The van der Waals surface area contributed by atoms with Crippen molar-refractivity contribution in [3.63, 3.8) is 0 Å². The molecule has 1 aromatic rings. The first-order valence-electron chi connectivity index (χ1n) is 6.44. The Bertz CT molecular complexity index is 483. The van der Waals surface area contributed by atoms with E-state index in [1.165, 1.54) is 4.90 Å². The van der Waals surface area contributed by atoms with Gasteiger partial charge in [-0.3, -0.25) is 4.79 Å². The average Bonchev–Trinajstić information content (AvgIpc) is 2.34. The predicted molar refractivity (Wildman–Crippen MR) is 74.1 cm³/mol. The number of nitrogens with zero attached hydrogens (tertiary/aromatic N) is 1. The normalized spacial score (nSPS) is 12.0. The van der Waals surface area contributed by atoms with Crippen molar-refractivity contribution in [2.24, 2.45) is 0 Å². The van der Waals surface area contributed by atoms with Crippen LogP contribution in [0.1, 0.15) is 41.6 Å². The minimum absolute atomic E-state index is 0.437. The summed E-state index contributed by atoms with van der Waals surface area (Å²) in [6.45, 7) is 8.18. The molecular weight excluding hydrogens is 242 g/mol. The van der Waals surface area contributed by atoms with E-state index in [4.69, 9.17) is 0 Å². The summed E-state index contributed by atoms with van der Waals surface area (Å²) >= 11 is 0. The molecule has 1 unspecified atom stereocenters. The van der Waals surface area contributed by atoms with Gasteiger partial charge in [0.25, 0.3) is 0 Å². The smallest absolute Gasteiger partial charge is 0.331 e. The van der Waals surface area contributed by atoms with Crippen molar-refractivity contribution < 1.29 is 14.7 Å². The van der Waals surface area contributed by atoms with E-state index in [1.54, 1.807) is 0 Å². The van der Waals surface area contributed by atoms with Crippen LogP contribution in [0.2, 0.25) is 0 Å². The van der Waals surface area contributed by atoms with Gasteiger partial charge in [0, 0.05) is 6.54 Å². The maximum absolute atomic E-state index is 11.5. The lowest BCUT2D eigenvalue weighted by Crippen LogP contribution is -2.34. The van der Waals surface area contributed by atoms with Gasteiger partial charge >= 0.3 is 5.97 Å². The summed E-state index contributed by atoms with van der Waals surface area (Å²) in [7, 11) is 0. The lowest BCUT2D eigenvalue weighted by atomic mass is 9.95. The maximum Gasteiger partial charge on any atom is 0.331 e. The van der Waals surface area contributed by atoms with Gasteiger partial charge in [-0.25, -0.2) is 4.79 Å². The molecule has 0 aliphatic rings. The largest absolute Gasteiger partial charge is 0.479 e. The van der Waals surface area contributed by atoms with Crippen LogP contribution in [-0.2, 0) is 9.59 Å². The standard InChI is InChI=1S/C15H21NO3/c1-5-6-16(9-17)14(15(18)19)13-8-11(3)10(2)7-12(13)4/h7-9,14H,5-6H2,1-4H3,(H,18,19). The number of carbonyl (C=O) groups excluding carboxylic acids is 1. The van der Waals surface area contributed by atoms with Crippen molar-refractivity contribution in [2.75, 3.05) is 6.54 Å². The minimum atomic E-state index is -0.994. The number of carboxylic acid groups (broad SMARTS) is 1. The van der Waals surface area contributed by atoms with Gasteiger partial charge in [0.05, 0.1) is 0 Å². The van der Waals surface area contributed by atoms with Crippen LogP contribution in [0, 0.1) is 20.8 Å². The molecule has 0 spiro atoms. The average molecular weight is 263 g/mol. The molecule has 1 amide bonds. The fourth-order valence-electron chi connectivity index (χ4n) is 2.23. The van der Waals surface area contributed by atoms with E-state index in [2.05, 4.69) is 0 Å². The van der Waals surface area contributed by atoms with E-state index in [0.717, 1.165) is 23.1 Å². The molecular formula is C15H21NO3. The quantitative estimate of drug-likeness (QED) is 0.803. The van der Waals surface area contributed by atoms with Crippen molar-refractivity contribution in [3.8, 4) is 0 Å². The Morgan fingerprint density at radius 1 is 1.26 bits per heavy atom. The number of benzene rings is 1. The SMILES string of the molecule is CCCN(C=O)C(C(=O)O)c1cc(C)c(C)cc1C. The van der Waals surface area contributed by atoms with Gasteiger partial charge in [-0.1, -0.05) is 19.1 Å². The highest BCUT2D eigenvalue weighted by atomic mass is 16.4. The number of carboxylic acids is 1. The molecule has 104 valence electrons. The molecule has 1 aromatic carbocycles. The Morgan fingerprint density at radius 2 is 1.84 bits per heavy atom. The van der Waals surface area contributed by atoms with E-state index < -0.39 is 12.0 Å². The van der Waals surface area contributed by atoms with Crippen LogP contribution in [0.5, 0.6) is 0 Å². The van der Waals surface area contributed by atoms with E-state index in [0.29, 0.717) is 18.5 Å². The summed E-state index contributed by atoms with van der Waals surface area (Å²) < 4.78 is 0. The highest BCUT2D eigenvalue weighted by molar-refractivity contribution is 5.79. The van der Waals surface area contributed by atoms with Crippen LogP contribution in [0.25, 0.3) is 0 Å². The lowest BCUT2D eigenvalue weighted by Gasteiger charge is -2.26. The third-order valence-corrected chi connectivity index (χ3v) is 3.36. The van der Waals surface area contributed by atoms with Crippen LogP contribution in [0.3, 0.4) is 0 Å². The third-order valence-electron chi connectivity index (χ3n) is 3.36. The number of rotatable bonds is 6. The summed E-state index contributed by atoms with van der Waals surface area (Å²) in [5, 5.41) is 9.44. The molecule has 0 aliphatic heterocycles. The second kappa shape index (κ2) is 6.36. The molecule has 1 rings (SSSR count). The van der Waals surface area contributed by atoms with Crippen molar-refractivity contribution >= 4 is 12.4 Å². The molecule has 0 saturated heterocycles. The van der Waals surface area contributed by atoms with E-state index in [-0.39, 0.29) is 0 Å². The molecule has 19 heavy (non-hydrogen) atoms. The number of aliphatic carboxylic acids is 1. The zero-order chi connectivity index (χ0) is 14.6. The predicted octanol–water partition coefficient (Wildman–Crippen LogP) is 2.61. The Balaban J connectivity index is 3.30. The molecule has 0 bridgehead atoms. The zero-order valence-electron chi connectivity index (χ0n) is 11.9. The zero-order valence-corrected chi connectivity index (χ0v) is 11.9. The summed E-state index contributed by atoms with van der Waals surface area (Å²) in [6.07, 6.45) is 1.35. The number of hydrogen-bond acceptors (Lipinski definition) is 2. The van der Waals surface area contributed by atoms with Crippen LogP contribution < -0.4 is 0 Å². The van der Waals surface area contributed by atoms with Crippen molar-refractivity contribution in [3.05, 3.63) is 34.4 Å².